The molecule has 1 unspecified atom stereocenters. The first-order chi connectivity index (χ1) is 11.8. The average Bonchev–Trinajstić information content (AvgIpc) is 2.53. The largest absolute Gasteiger partial charge is 0.462 e. The summed E-state index contributed by atoms with van der Waals surface area (Å²) in [7, 11) is 0. The molecule has 0 radical (unpaired) electrons. The highest BCUT2D eigenvalue weighted by atomic mass is 16.5. The van der Waals surface area contributed by atoms with E-state index in [1.165, 1.54) is 77.3 Å². The summed E-state index contributed by atoms with van der Waals surface area (Å²) >= 11 is 0. The number of likely N-dealkylation sites (tertiary alicyclic amines) is 1. The number of nitrogens with zero attached hydrogens (tertiary/aromatic N) is 1. The van der Waals surface area contributed by atoms with E-state index in [-0.39, 0.29) is 12.1 Å². The predicted octanol–water partition coefficient (Wildman–Crippen LogP) is 5.72. The van der Waals surface area contributed by atoms with E-state index >= 15 is 0 Å². The van der Waals surface area contributed by atoms with Crippen LogP contribution in [-0.4, -0.2) is 36.6 Å². The fourth-order valence-corrected chi connectivity index (χ4v) is 3.33. The van der Waals surface area contributed by atoms with Crippen molar-refractivity contribution in [1.82, 2.24) is 4.90 Å². The molecule has 142 valence electrons. The van der Waals surface area contributed by atoms with Crippen LogP contribution in [0.4, 0.5) is 0 Å². The number of esters is 1. The molecule has 1 aliphatic rings. The molecule has 0 aromatic heterocycles. The number of hydrogen-bond acceptors (Lipinski definition) is 3. The molecule has 0 N–H and O–H groups in total. The number of carbonyl (C=O) groups excluding carboxylic acids is 1. The summed E-state index contributed by atoms with van der Waals surface area (Å²) in [5.74, 6) is 0.0320. The van der Waals surface area contributed by atoms with Crippen molar-refractivity contribution in [2.24, 2.45) is 0 Å². The summed E-state index contributed by atoms with van der Waals surface area (Å²) in [5.41, 5.74) is 0. The van der Waals surface area contributed by atoms with Crippen LogP contribution in [0.25, 0.3) is 0 Å². The van der Waals surface area contributed by atoms with Crippen molar-refractivity contribution >= 4 is 5.97 Å². The van der Waals surface area contributed by atoms with Crippen molar-refractivity contribution in [3.05, 3.63) is 0 Å². The zero-order valence-electron chi connectivity index (χ0n) is 16.4. The summed E-state index contributed by atoms with van der Waals surface area (Å²) in [5, 5.41) is 0. The van der Waals surface area contributed by atoms with Crippen LogP contribution in [-0.2, 0) is 9.53 Å². The van der Waals surface area contributed by atoms with E-state index in [4.69, 9.17) is 4.74 Å². The van der Waals surface area contributed by atoms with E-state index in [2.05, 4.69) is 18.7 Å². The van der Waals surface area contributed by atoms with Crippen LogP contribution in [0.3, 0.4) is 0 Å². The molecule has 24 heavy (non-hydrogen) atoms. The molecular formula is C21H41NO2. The quantitative estimate of drug-likeness (QED) is 0.266. The fraction of sp³-hybridized carbons (Fsp3) is 0.952. The molecule has 1 aliphatic heterocycles. The van der Waals surface area contributed by atoms with E-state index in [1.807, 2.05) is 0 Å². The summed E-state index contributed by atoms with van der Waals surface area (Å²) in [6, 6.07) is 0. The third-order valence-electron chi connectivity index (χ3n) is 5.11. The molecule has 1 rings (SSSR count). The highest BCUT2D eigenvalue weighted by Gasteiger charge is 2.16. The molecule has 1 fully saturated rings. The molecule has 3 heteroatoms. The van der Waals surface area contributed by atoms with Crippen molar-refractivity contribution in [2.75, 3.05) is 19.6 Å². The normalized spacial score (nSPS) is 15.9. The Balaban J connectivity index is 2.17. The van der Waals surface area contributed by atoms with Crippen LogP contribution < -0.4 is 0 Å². The molecule has 3 nitrogen and oxygen atoms in total. The van der Waals surface area contributed by atoms with Crippen LogP contribution in [0.2, 0.25) is 0 Å². The fourth-order valence-electron chi connectivity index (χ4n) is 3.33. The van der Waals surface area contributed by atoms with Crippen LogP contribution in [0.15, 0.2) is 0 Å². The molecule has 1 heterocycles. The van der Waals surface area contributed by atoms with Gasteiger partial charge in [0, 0.05) is 6.42 Å². The lowest BCUT2D eigenvalue weighted by molar-refractivity contribution is -0.150. The van der Waals surface area contributed by atoms with Crippen molar-refractivity contribution < 1.29 is 9.53 Å². The summed E-state index contributed by atoms with van der Waals surface area (Å²) < 4.78 is 5.81. The molecule has 0 bridgehead atoms. The summed E-state index contributed by atoms with van der Waals surface area (Å²) in [4.78, 5) is 14.5. The Morgan fingerprint density at radius 3 is 2.00 bits per heavy atom. The Morgan fingerprint density at radius 2 is 1.46 bits per heavy atom. The molecule has 0 aliphatic carbocycles. The van der Waals surface area contributed by atoms with Crippen LogP contribution in [0.5, 0.6) is 0 Å². The van der Waals surface area contributed by atoms with Gasteiger partial charge < -0.3 is 9.64 Å². The number of unbranched alkanes of at least 4 members (excludes halogenated alkanes) is 7. The molecule has 0 amide bonds. The van der Waals surface area contributed by atoms with Gasteiger partial charge >= 0.3 is 5.97 Å². The van der Waals surface area contributed by atoms with Crippen molar-refractivity contribution in [2.45, 2.75) is 110 Å². The van der Waals surface area contributed by atoms with Gasteiger partial charge in [-0.2, -0.15) is 0 Å². The number of rotatable bonds is 16. The minimum atomic E-state index is 0.0320. The van der Waals surface area contributed by atoms with E-state index in [0.29, 0.717) is 6.42 Å². The van der Waals surface area contributed by atoms with Gasteiger partial charge in [0.25, 0.3) is 0 Å². The lowest BCUT2D eigenvalue weighted by Crippen LogP contribution is -2.37. The maximum absolute atomic E-state index is 12.1. The first-order valence-corrected chi connectivity index (χ1v) is 10.7. The molecule has 1 atom stereocenters. The third kappa shape index (κ3) is 11.1. The first kappa shape index (κ1) is 21.5. The maximum Gasteiger partial charge on any atom is 0.306 e. The Morgan fingerprint density at radius 1 is 0.875 bits per heavy atom. The maximum atomic E-state index is 12.1. The first-order valence-electron chi connectivity index (χ1n) is 10.7. The summed E-state index contributed by atoms with van der Waals surface area (Å²) in [6.07, 6.45) is 16.6. The second kappa shape index (κ2) is 14.7. The van der Waals surface area contributed by atoms with Crippen molar-refractivity contribution in [3.8, 4) is 0 Å². The van der Waals surface area contributed by atoms with Gasteiger partial charge in [0.2, 0.25) is 0 Å². The zero-order valence-corrected chi connectivity index (χ0v) is 16.4. The van der Waals surface area contributed by atoms with Crippen LogP contribution in [0.1, 0.15) is 104 Å². The van der Waals surface area contributed by atoms with Gasteiger partial charge in [0.1, 0.15) is 6.10 Å². The van der Waals surface area contributed by atoms with E-state index in [9.17, 15) is 4.79 Å². The molecule has 0 spiro atoms. The predicted molar refractivity (Wildman–Crippen MR) is 102 cm³/mol. The Hall–Kier alpha value is -0.570. The van der Waals surface area contributed by atoms with Gasteiger partial charge in [-0.15, -0.1) is 0 Å². The molecular weight excluding hydrogens is 298 g/mol. The van der Waals surface area contributed by atoms with Gasteiger partial charge in [0.05, 0.1) is 0 Å². The second-order valence-corrected chi connectivity index (χ2v) is 7.46. The average molecular weight is 340 g/mol. The SMILES string of the molecule is CCCCCCCC(CCCCCC)OC(=O)CCCN1CCC1. The minimum absolute atomic E-state index is 0.0320. The second-order valence-electron chi connectivity index (χ2n) is 7.46. The van der Waals surface area contributed by atoms with Gasteiger partial charge in [-0.25, -0.2) is 0 Å². The zero-order chi connectivity index (χ0) is 17.5. The van der Waals surface area contributed by atoms with Crippen LogP contribution in [0, 0.1) is 0 Å². The van der Waals surface area contributed by atoms with E-state index in [1.54, 1.807) is 0 Å². The topological polar surface area (TPSA) is 29.5 Å². The van der Waals surface area contributed by atoms with E-state index in [0.717, 1.165) is 25.8 Å². The lowest BCUT2D eigenvalue weighted by atomic mass is 10.0. The number of hydrogen-bond donors (Lipinski definition) is 0. The lowest BCUT2D eigenvalue weighted by Gasteiger charge is -2.30. The third-order valence-corrected chi connectivity index (χ3v) is 5.11. The molecule has 0 aromatic carbocycles. The van der Waals surface area contributed by atoms with Gasteiger partial charge in [0.15, 0.2) is 0 Å². The molecule has 0 aromatic rings. The van der Waals surface area contributed by atoms with Crippen molar-refractivity contribution in [3.63, 3.8) is 0 Å². The van der Waals surface area contributed by atoms with Gasteiger partial charge in [-0.05, 0) is 58.2 Å². The molecule has 1 saturated heterocycles. The Labute approximate surface area is 150 Å². The Bertz CT molecular complexity index is 302. The van der Waals surface area contributed by atoms with Crippen LogP contribution >= 0.6 is 0 Å². The highest BCUT2D eigenvalue weighted by molar-refractivity contribution is 5.69. The monoisotopic (exact) mass is 339 g/mol. The smallest absolute Gasteiger partial charge is 0.306 e. The number of carbonyl (C=O) groups is 1. The minimum Gasteiger partial charge on any atom is -0.462 e. The van der Waals surface area contributed by atoms with Crippen molar-refractivity contribution in [1.29, 1.82) is 0 Å². The molecule has 0 saturated carbocycles. The Kier molecular flexibility index (Phi) is 13.2. The summed E-state index contributed by atoms with van der Waals surface area (Å²) in [6.45, 7) is 7.98. The van der Waals surface area contributed by atoms with Gasteiger partial charge in [-0.3, -0.25) is 4.79 Å². The van der Waals surface area contributed by atoms with E-state index < -0.39 is 0 Å². The number of ether oxygens (including phenoxy) is 1. The van der Waals surface area contributed by atoms with Gasteiger partial charge in [-0.1, -0.05) is 58.8 Å². The standard InChI is InChI=1S/C21H41NO2/c1-3-5-7-9-11-15-20(14-10-8-6-4-2)24-21(23)16-12-17-22-18-13-19-22/h20H,3-19H2,1-2H3. The highest BCUT2D eigenvalue weighted by Crippen LogP contribution is 2.17.